The van der Waals surface area contributed by atoms with E-state index in [9.17, 15) is 13.6 Å². The maximum Gasteiger partial charge on any atom is 0.220 e. The van der Waals surface area contributed by atoms with E-state index in [0.29, 0.717) is 18.9 Å². The van der Waals surface area contributed by atoms with Crippen LogP contribution in [0.5, 0.6) is 0 Å². The molecular weight excluding hydrogens is 465 g/mol. The number of nitrogens with zero attached hydrogens (tertiary/aromatic N) is 2. The quantitative estimate of drug-likeness (QED) is 0.364. The first kappa shape index (κ1) is 23.6. The van der Waals surface area contributed by atoms with Crippen LogP contribution in [0.2, 0.25) is 0 Å². The van der Waals surface area contributed by atoms with Crippen LogP contribution >= 0.6 is 24.0 Å². The number of hydrogen-bond acceptors (Lipinski definition) is 2. The molecule has 1 saturated heterocycles. The first-order valence-corrected chi connectivity index (χ1v) is 9.21. The number of nitrogens with one attached hydrogen (secondary N) is 2. The number of aliphatic imine (C=N–C) groups is 1. The van der Waals surface area contributed by atoms with Crippen LogP contribution in [0.3, 0.4) is 0 Å². The molecule has 2 N–H and O–H groups in total. The second kappa shape index (κ2) is 12.1. The van der Waals surface area contributed by atoms with E-state index in [1.54, 1.807) is 7.05 Å². The minimum Gasteiger partial charge on any atom is -0.359 e. The van der Waals surface area contributed by atoms with Gasteiger partial charge in [-0.15, -0.1) is 24.0 Å². The van der Waals surface area contributed by atoms with Gasteiger partial charge in [-0.25, -0.2) is 8.78 Å². The highest BCUT2D eigenvalue weighted by molar-refractivity contribution is 14.0. The zero-order chi connectivity index (χ0) is 18.9. The van der Waals surface area contributed by atoms with Crippen LogP contribution in [0.4, 0.5) is 8.78 Å². The Bertz CT molecular complexity index is 614. The van der Waals surface area contributed by atoms with Crippen molar-refractivity contribution in [1.82, 2.24) is 15.5 Å². The van der Waals surface area contributed by atoms with Gasteiger partial charge >= 0.3 is 0 Å². The number of likely N-dealkylation sites (tertiary alicyclic amines) is 1. The van der Waals surface area contributed by atoms with Gasteiger partial charge in [0, 0.05) is 45.2 Å². The van der Waals surface area contributed by atoms with Gasteiger partial charge in [-0.1, -0.05) is 6.07 Å². The van der Waals surface area contributed by atoms with Crippen LogP contribution in [-0.2, 0) is 11.2 Å². The highest BCUT2D eigenvalue weighted by atomic mass is 127. The van der Waals surface area contributed by atoms with Crippen LogP contribution in [0.15, 0.2) is 23.2 Å². The van der Waals surface area contributed by atoms with Crippen molar-refractivity contribution in [3.63, 3.8) is 0 Å². The fourth-order valence-corrected chi connectivity index (χ4v) is 3.18. The summed E-state index contributed by atoms with van der Waals surface area (Å²) in [5.74, 6) is 0.181. The molecule has 0 aliphatic carbocycles. The molecular formula is C19H29F2IN4O. The summed E-state index contributed by atoms with van der Waals surface area (Å²) >= 11 is 0. The van der Waals surface area contributed by atoms with Gasteiger partial charge in [0.25, 0.3) is 0 Å². The van der Waals surface area contributed by atoms with Gasteiger partial charge in [0.1, 0.15) is 11.6 Å². The van der Waals surface area contributed by atoms with Gasteiger partial charge in [0.15, 0.2) is 5.96 Å². The van der Waals surface area contributed by atoms with E-state index >= 15 is 0 Å². The van der Waals surface area contributed by atoms with Gasteiger partial charge in [-0.05, 0) is 44.2 Å². The van der Waals surface area contributed by atoms with Gasteiger partial charge in [-0.3, -0.25) is 9.79 Å². The van der Waals surface area contributed by atoms with Crippen molar-refractivity contribution in [2.24, 2.45) is 10.9 Å². The van der Waals surface area contributed by atoms with Gasteiger partial charge < -0.3 is 15.5 Å². The van der Waals surface area contributed by atoms with Crippen molar-refractivity contribution in [3.8, 4) is 0 Å². The minimum absolute atomic E-state index is 0. The molecule has 0 bridgehead atoms. The Morgan fingerprint density at radius 3 is 2.44 bits per heavy atom. The molecule has 1 aliphatic heterocycles. The fourth-order valence-electron chi connectivity index (χ4n) is 3.18. The lowest BCUT2D eigenvalue weighted by Crippen LogP contribution is -2.46. The molecule has 1 fully saturated rings. The summed E-state index contributed by atoms with van der Waals surface area (Å²) in [6, 6.07) is 3.90. The van der Waals surface area contributed by atoms with Crippen LogP contribution in [0, 0.1) is 17.6 Å². The number of benzene rings is 1. The summed E-state index contributed by atoms with van der Waals surface area (Å²) < 4.78 is 27.4. The molecule has 2 rings (SSSR count). The third kappa shape index (κ3) is 7.23. The predicted octanol–water partition coefficient (Wildman–Crippen LogP) is 2.94. The van der Waals surface area contributed by atoms with E-state index in [2.05, 4.69) is 20.5 Å². The van der Waals surface area contributed by atoms with Crippen molar-refractivity contribution >= 4 is 35.8 Å². The number of amides is 1. The Morgan fingerprint density at radius 2 is 1.89 bits per heavy atom. The Labute approximate surface area is 177 Å². The molecule has 0 aromatic heterocycles. The SMILES string of the molecule is CCNC(=NCCc1c(F)cccc1F)N1CCC(CC(=O)NC)CC1.I. The average molecular weight is 494 g/mol. The van der Waals surface area contributed by atoms with E-state index < -0.39 is 11.6 Å². The highest BCUT2D eigenvalue weighted by Gasteiger charge is 2.23. The molecule has 0 unspecified atom stereocenters. The Kier molecular flexibility index (Phi) is 10.6. The van der Waals surface area contributed by atoms with Crippen LogP contribution in [-0.4, -0.2) is 50.0 Å². The molecule has 0 radical (unpaired) electrons. The summed E-state index contributed by atoms with van der Waals surface area (Å²) in [5, 5.41) is 5.91. The van der Waals surface area contributed by atoms with Crippen molar-refractivity contribution in [3.05, 3.63) is 35.4 Å². The summed E-state index contributed by atoms with van der Waals surface area (Å²) in [6.45, 7) is 4.68. The fraction of sp³-hybridized carbons (Fsp3) is 0.579. The maximum absolute atomic E-state index is 13.7. The first-order valence-electron chi connectivity index (χ1n) is 9.21. The standard InChI is InChI=1S/C19H28F2N4O.HI/c1-3-23-19(24-10-7-15-16(20)5-4-6-17(15)21)25-11-8-14(9-12-25)13-18(26)22-2;/h4-6,14H,3,7-13H2,1-2H3,(H,22,26)(H,23,24);1H. The van der Waals surface area contributed by atoms with Crippen molar-refractivity contribution < 1.29 is 13.6 Å². The third-order valence-electron chi connectivity index (χ3n) is 4.69. The first-order chi connectivity index (χ1) is 12.5. The lowest BCUT2D eigenvalue weighted by Gasteiger charge is -2.34. The largest absolute Gasteiger partial charge is 0.359 e. The van der Waals surface area contributed by atoms with Crippen LogP contribution in [0.25, 0.3) is 0 Å². The predicted molar refractivity (Wildman–Crippen MR) is 114 cm³/mol. The minimum atomic E-state index is -0.528. The number of carbonyl (C=O) groups excluding carboxylic acids is 1. The third-order valence-corrected chi connectivity index (χ3v) is 4.69. The number of hydrogen-bond donors (Lipinski definition) is 2. The summed E-state index contributed by atoms with van der Waals surface area (Å²) in [4.78, 5) is 18.2. The molecule has 152 valence electrons. The maximum atomic E-state index is 13.7. The summed E-state index contributed by atoms with van der Waals surface area (Å²) in [7, 11) is 1.66. The Balaban J connectivity index is 0.00000364. The van der Waals surface area contributed by atoms with E-state index in [1.165, 1.54) is 18.2 Å². The monoisotopic (exact) mass is 494 g/mol. The number of rotatable bonds is 6. The molecule has 1 aliphatic rings. The van der Waals surface area contributed by atoms with Gasteiger partial charge in [0.2, 0.25) is 5.91 Å². The van der Waals surface area contributed by atoms with Crippen molar-refractivity contribution in [1.29, 1.82) is 0 Å². The molecule has 1 heterocycles. The normalized spacial score (nSPS) is 15.3. The van der Waals surface area contributed by atoms with Crippen LogP contribution < -0.4 is 10.6 Å². The highest BCUT2D eigenvalue weighted by Crippen LogP contribution is 2.20. The number of piperidine rings is 1. The van der Waals surface area contributed by atoms with E-state index in [0.717, 1.165) is 38.4 Å². The molecule has 0 spiro atoms. The molecule has 1 amide bonds. The molecule has 0 saturated carbocycles. The lowest BCUT2D eigenvalue weighted by atomic mass is 9.93. The molecule has 0 atom stereocenters. The van der Waals surface area contributed by atoms with Gasteiger partial charge in [-0.2, -0.15) is 0 Å². The number of guanidine groups is 1. The molecule has 1 aromatic carbocycles. The lowest BCUT2D eigenvalue weighted by molar-refractivity contribution is -0.121. The molecule has 1 aromatic rings. The second-order valence-corrected chi connectivity index (χ2v) is 6.49. The molecule has 8 heteroatoms. The second-order valence-electron chi connectivity index (χ2n) is 6.49. The number of halogens is 3. The Morgan fingerprint density at radius 1 is 1.26 bits per heavy atom. The molecule has 27 heavy (non-hydrogen) atoms. The van der Waals surface area contributed by atoms with E-state index in [4.69, 9.17) is 0 Å². The smallest absolute Gasteiger partial charge is 0.220 e. The van der Waals surface area contributed by atoms with E-state index in [1.807, 2.05) is 6.92 Å². The van der Waals surface area contributed by atoms with Crippen LogP contribution in [0.1, 0.15) is 31.7 Å². The number of carbonyl (C=O) groups is 1. The summed E-state index contributed by atoms with van der Waals surface area (Å²) in [6.07, 6.45) is 2.64. The topological polar surface area (TPSA) is 56.7 Å². The van der Waals surface area contributed by atoms with Crippen molar-refractivity contribution in [2.45, 2.75) is 32.6 Å². The van der Waals surface area contributed by atoms with Gasteiger partial charge in [0.05, 0.1) is 0 Å². The zero-order valence-electron chi connectivity index (χ0n) is 15.9. The summed E-state index contributed by atoms with van der Waals surface area (Å²) in [5.41, 5.74) is 0.0800. The van der Waals surface area contributed by atoms with Crippen molar-refractivity contribution in [2.75, 3.05) is 33.2 Å². The Hall–Kier alpha value is -1.45. The molecule has 5 nitrogen and oxygen atoms in total. The average Bonchev–Trinajstić information content (AvgIpc) is 2.64. The zero-order valence-corrected chi connectivity index (χ0v) is 18.3. The van der Waals surface area contributed by atoms with E-state index in [-0.39, 0.29) is 41.9 Å².